The van der Waals surface area contributed by atoms with E-state index >= 15 is 0 Å². The van der Waals surface area contributed by atoms with Crippen molar-refractivity contribution in [3.63, 3.8) is 0 Å². The van der Waals surface area contributed by atoms with Crippen LogP contribution in [0.25, 0.3) is 0 Å². The lowest BCUT2D eigenvalue weighted by atomic mass is 9.97. The first-order chi connectivity index (χ1) is 10.5. The Morgan fingerprint density at radius 3 is 2.73 bits per heavy atom. The van der Waals surface area contributed by atoms with Gasteiger partial charge in [0, 0.05) is 12.4 Å². The van der Waals surface area contributed by atoms with Gasteiger partial charge in [0.25, 0.3) is 15.9 Å². The minimum atomic E-state index is -3.90. The second-order valence-corrected chi connectivity index (χ2v) is 7.13. The molecule has 1 saturated carbocycles. The molecule has 0 radical (unpaired) electrons. The van der Waals surface area contributed by atoms with Crippen LogP contribution in [-0.2, 0) is 19.6 Å². The number of sulfonamides is 1. The van der Waals surface area contributed by atoms with E-state index in [1.807, 2.05) is 6.92 Å². The highest BCUT2D eigenvalue weighted by atomic mass is 32.2. The normalized spacial score (nSPS) is 17.9. The molecule has 1 N–H and O–H groups in total. The first-order valence-electron chi connectivity index (χ1n) is 7.65. The lowest BCUT2D eigenvalue weighted by molar-refractivity contribution is -0.136. The number of carbonyl (C=O) groups excluding carboxylic acids is 1. The van der Waals surface area contributed by atoms with Crippen LogP contribution in [0.3, 0.4) is 0 Å². The van der Waals surface area contributed by atoms with Crippen LogP contribution in [0.15, 0.2) is 29.4 Å². The molecule has 1 atom stereocenters. The first-order valence-corrected chi connectivity index (χ1v) is 9.13. The summed E-state index contributed by atoms with van der Waals surface area (Å²) in [6.07, 6.45) is 7.66. The molecule has 1 heterocycles. The molecule has 1 amide bonds. The number of carbonyl (C=O) groups is 1. The average Bonchev–Trinajstić information content (AvgIpc) is 2.54. The Morgan fingerprint density at radius 1 is 1.41 bits per heavy atom. The molecule has 0 spiro atoms. The molecule has 0 bridgehead atoms. The molecular weight excluding hydrogens is 304 g/mol. The van der Waals surface area contributed by atoms with Gasteiger partial charge in [-0.2, -0.15) is 0 Å². The van der Waals surface area contributed by atoms with E-state index in [1.54, 1.807) is 0 Å². The summed E-state index contributed by atoms with van der Waals surface area (Å²) in [5, 5.41) is 0. The number of hydrogen-bond donors (Lipinski definition) is 1. The van der Waals surface area contributed by atoms with Crippen LogP contribution in [0.2, 0.25) is 0 Å². The largest absolute Gasteiger partial charge is 0.365 e. The summed E-state index contributed by atoms with van der Waals surface area (Å²) in [5.74, 6) is -0.614. The Hall–Kier alpha value is -1.47. The lowest BCUT2D eigenvalue weighted by Crippen LogP contribution is -2.41. The van der Waals surface area contributed by atoms with Gasteiger partial charge >= 0.3 is 0 Å². The lowest BCUT2D eigenvalue weighted by Gasteiger charge is -2.26. The Balaban J connectivity index is 1.99. The van der Waals surface area contributed by atoms with Crippen molar-refractivity contribution in [1.82, 2.24) is 9.71 Å². The average molecular weight is 326 g/mol. The quantitative estimate of drug-likeness (QED) is 0.864. The minimum Gasteiger partial charge on any atom is -0.365 e. The van der Waals surface area contributed by atoms with Gasteiger partial charge in [0.15, 0.2) is 0 Å². The predicted octanol–water partition coefficient (Wildman–Crippen LogP) is 2.01. The third kappa shape index (κ3) is 4.51. The standard InChI is InChI=1S/C15H22N2O4S/c1-2-14(21-12-7-4-3-5-8-12)15(18)17-22(19,20)13-9-6-10-16-11-13/h6,9-12,14H,2-5,7-8H2,1H3,(H,17,18)/t14-/m0/s1. The van der Waals surface area contributed by atoms with Gasteiger partial charge in [-0.1, -0.05) is 26.2 Å². The van der Waals surface area contributed by atoms with Crippen molar-refractivity contribution in [1.29, 1.82) is 0 Å². The maximum Gasteiger partial charge on any atom is 0.265 e. The van der Waals surface area contributed by atoms with Gasteiger partial charge in [0.2, 0.25) is 0 Å². The van der Waals surface area contributed by atoms with E-state index in [-0.39, 0.29) is 11.0 Å². The second-order valence-electron chi connectivity index (χ2n) is 5.45. The summed E-state index contributed by atoms with van der Waals surface area (Å²) in [6.45, 7) is 1.81. The summed E-state index contributed by atoms with van der Waals surface area (Å²) in [7, 11) is -3.90. The maximum absolute atomic E-state index is 12.2. The first kappa shape index (κ1) is 16.9. The van der Waals surface area contributed by atoms with E-state index in [1.165, 1.54) is 30.9 Å². The van der Waals surface area contributed by atoms with Crippen molar-refractivity contribution in [2.45, 2.75) is 62.6 Å². The van der Waals surface area contributed by atoms with Crippen LogP contribution in [0.4, 0.5) is 0 Å². The van der Waals surface area contributed by atoms with Crippen molar-refractivity contribution in [3.05, 3.63) is 24.5 Å². The molecule has 0 unspecified atom stereocenters. The molecule has 2 rings (SSSR count). The zero-order chi connectivity index (χ0) is 16.0. The van der Waals surface area contributed by atoms with Crippen LogP contribution in [-0.4, -0.2) is 31.5 Å². The fraction of sp³-hybridized carbons (Fsp3) is 0.600. The third-order valence-corrected chi connectivity index (χ3v) is 5.08. The smallest absolute Gasteiger partial charge is 0.265 e. The van der Waals surface area contributed by atoms with Crippen LogP contribution >= 0.6 is 0 Å². The summed E-state index contributed by atoms with van der Waals surface area (Å²) >= 11 is 0. The fourth-order valence-corrected chi connectivity index (χ4v) is 3.51. The van der Waals surface area contributed by atoms with Crippen molar-refractivity contribution in [2.75, 3.05) is 0 Å². The molecule has 1 aromatic rings. The highest BCUT2D eigenvalue weighted by molar-refractivity contribution is 7.90. The molecule has 1 aliphatic carbocycles. The fourth-order valence-electron chi connectivity index (χ4n) is 2.54. The second kappa shape index (κ2) is 7.69. The van der Waals surface area contributed by atoms with Crippen molar-refractivity contribution >= 4 is 15.9 Å². The van der Waals surface area contributed by atoms with Gasteiger partial charge in [-0.25, -0.2) is 13.1 Å². The Bertz CT molecular complexity index is 583. The van der Waals surface area contributed by atoms with Crippen LogP contribution in [0.1, 0.15) is 45.4 Å². The van der Waals surface area contributed by atoms with Gasteiger partial charge in [0.05, 0.1) is 6.10 Å². The van der Waals surface area contributed by atoms with Crippen LogP contribution in [0.5, 0.6) is 0 Å². The van der Waals surface area contributed by atoms with Gasteiger partial charge in [-0.3, -0.25) is 9.78 Å². The zero-order valence-electron chi connectivity index (χ0n) is 12.7. The van der Waals surface area contributed by atoms with E-state index < -0.39 is 22.0 Å². The Labute approximate surface area is 131 Å². The van der Waals surface area contributed by atoms with Gasteiger partial charge in [-0.05, 0) is 31.4 Å². The zero-order valence-corrected chi connectivity index (χ0v) is 13.5. The van der Waals surface area contributed by atoms with Gasteiger partial charge in [-0.15, -0.1) is 0 Å². The monoisotopic (exact) mass is 326 g/mol. The highest BCUT2D eigenvalue weighted by Gasteiger charge is 2.27. The number of pyridine rings is 1. The predicted molar refractivity (Wildman–Crippen MR) is 81.6 cm³/mol. The van der Waals surface area contributed by atoms with Gasteiger partial charge < -0.3 is 4.74 Å². The molecule has 22 heavy (non-hydrogen) atoms. The summed E-state index contributed by atoms with van der Waals surface area (Å²) in [4.78, 5) is 15.9. The molecule has 6 nitrogen and oxygen atoms in total. The molecule has 7 heteroatoms. The number of nitrogens with zero attached hydrogens (tertiary/aromatic N) is 1. The summed E-state index contributed by atoms with van der Waals surface area (Å²) in [5.41, 5.74) is 0. The number of amides is 1. The third-order valence-electron chi connectivity index (χ3n) is 3.75. The molecule has 0 aromatic carbocycles. The van der Waals surface area contributed by atoms with Gasteiger partial charge in [0.1, 0.15) is 11.0 Å². The molecule has 1 aliphatic rings. The maximum atomic E-state index is 12.2. The number of rotatable bonds is 6. The van der Waals surface area contributed by atoms with Crippen molar-refractivity contribution < 1.29 is 17.9 Å². The van der Waals surface area contributed by atoms with Crippen molar-refractivity contribution in [2.24, 2.45) is 0 Å². The Kier molecular flexibility index (Phi) is 5.90. The van der Waals surface area contributed by atoms with Crippen LogP contribution in [0, 0.1) is 0 Å². The number of ether oxygens (including phenoxy) is 1. The highest BCUT2D eigenvalue weighted by Crippen LogP contribution is 2.22. The van der Waals surface area contributed by atoms with E-state index in [4.69, 9.17) is 4.74 Å². The van der Waals surface area contributed by atoms with E-state index in [9.17, 15) is 13.2 Å². The Morgan fingerprint density at radius 2 is 2.14 bits per heavy atom. The topological polar surface area (TPSA) is 85.4 Å². The van der Waals surface area contributed by atoms with E-state index in [2.05, 4.69) is 9.71 Å². The number of aromatic nitrogens is 1. The molecule has 0 aliphatic heterocycles. The SMILES string of the molecule is CC[C@H](OC1CCCCC1)C(=O)NS(=O)(=O)c1cccnc1. The van der Waals surface area contributed by atoms with Crippen LogP contribution < -0.4 is 4.72 Å². The number of hydrogen-bond acceptors (Lipinski definition) is 5. The van der Waals surface area contributed by atoms with E-state index in [0.717, 1.165) is 25.7 Å². The van der Waals surface area contributed by atoms with E-state index in [0.29, 0.717) is 6.42 Å². The minimum absolute atomic E-state index is 0.0316. The number of nitrogens with one attached hydrogen (secondary N) is 1. The van der Waals surface area contributed by atoms with Crippen molar-refractivity contribution in [3.8, 4) is 0 Å². The molecule has 0 saturated heterocycles. The summed E-state index contributed by atoms with van der Waals surface area (Å²) < 4.78 is 32.1. The molecule has 1 fully saturated rings. The molecular formula is C15H22N2O4S. The molecule has 1 aromatic heterocycles. The summed E-state index contributed by atoms with van der Waals surface area (Å²) in [6, 6.07) is 2.90. The molecule has 122 valence electrons.